The summed E-state index contributed by atoms with van der Waals surface area (Å²) in [5, 5.41) is 9.28. The number of nitriles is 1. The van der Waals surface area contributed by atoms with Crippen LogP contribution < -0.4 is 10.6 Å². The largest absolute Gasteiger partial charge is 0.367 e. The van der Waals surface area contributed by atoms with Crippen molar-refractivity contribution >= 4 is 5.69 Å². The standard InChI is InChI=1S/C15H21N3/c1-11-4-3-5-14(9-17)15(11)18-10-13(8-16)7-6-12(18)2/h3-5,12-13H,6-8,10,16H2,1-2H3. The molecule has 2 rings (SSSR count). The van der Waals surface area contributed by atoms with Gasteiger partial charge in [0.05, 0.1) is 11.3 Å². The summed E-state index contributed by atoms with van der Waals surface area (Å²) in [7, 11) is 0. The molecule has 1 fully saturated rings. The summed E-state index contributed by atoms with van der Waals surface area (Å²) in [6.07, 6.45) is 2.35. The van der Waals surface area contributed by atoms with Crippen LogP contribution in [0.4, 0.5) is 5.69 Å². The molecule has 3 heteroatoms. The summed E-state index contributed by atoms with van der Waals surface area (Å²) in [6.45, 7) is 6.02. The van der Waals surface area contributed by atoms with Crippen LogP contribution in [0, 0.1) is 24.2 Å². The Labute approximate surface area is 109 Å². The predicted molar refractivity (Wildman–Crippen MR) is 74.5 cm³/mol. The van der Waals surface area contributed by atoms with Gasteiger partial charge in [0.2, 0.25) is 0 Å². The Balaban J connectivity index is 2.38. The van der Waals surface area contributed by atoms with Crippen molar-refractivity contribution in [3.05, 3.63) is 29.3 Å². The molecule has 1 aliphatic rings. The fourth-order valence-corrected chi connectivity index (χ4v) is 2.82. The number of benzene rings is 1. The molecule has 2 atom stereocenters. The summed E-state index contributed by atoms with van der Waals surface area (Å²) in [6, 6.07) is 8.73. The summed E-state index contributed by atoms with van der Waals surface area (Å²) in [5.74, 6) is 0.548. The number of hydrogen-bond acceptors (Lipinski definition) is 3. The summed E-state index contributed by atoms with van der Waals surface area (Å²) in [5.41, 5.74) is 8.86. The van der Waals surface area contributed by atoms with E-state index in [4.69, 9.17) is 5.73 Å². The molecule has 1 saturated heterocycles. The molecule has 0 spiro atoms. The molecular weight excluding hydrogens is 222 g/mol. The molecule has 0 saturated carbocycles. The van der Waals surface area contributed by atoms with Gasteiger partial charge < -0.3 is 10.6 Å². The van der Waals surface area contributed by atoms with E-state index in [0.717, 1.165) is 30.8 Å². The smallest absolute Gasteiger partial charge is 0.101 e. The molecule has 2 unspecified atom stereocenters. The van der Waals surface area contributed by atoms with Gasteiger partial charge in [-0.15, -0.1) is 0 Å². The molecule has 0 bridgehead atoms. The number of rotatable bonds is 2. The minimum Gasteiger partial charge on any atom is -0.367 e. The lowest BCUT2D eigenvalue weighted by atomic mass is 9.91. The van der Waals surface area contributed by atoms with Crippen LogP contribution in [-0.4, -0.2) is 19.1 Å². The van der Waals surface area contributed by atoms with Crippen LogP contribution in [0.15, 0.2) is 18.2 Å². The molecule has 0 aromatic heterocycles. The van der Waals surface area contributed by atoms with Crippen LogP contribution in [0.2, 0.25) is 0 Å². The molecule has 0 aliphatic carbocycles. The van der Waals surface area contributed by atoms with Crippen LogP contribution in [0.1, 0.15) is 30.9 Å². The van der Waals surface area contributed by atoms with Gasteiger partial charge in [-0.05, 0) is 50.8 Å². The fourth-order valence-electron chi connectivity index (χ4n) is 2.82. The molecule has 1 heterocycles. The van der Waals surface area contributed by atoms with Gasteiger partial charge in [0, 0.05) is 12.6 Å². The average molecular weight is 243 g/mol. The third-order valence-corrected chi connectivity index (χ3v) is 3.96. The second kappa shape index (κ2) is 5.41. The third kappa shape index (κ3) is 2.34. The number of aryl methyl sites for hydroxylation is 1. The molecule has 18 heavy (non-hydrogen) atoms. The van der Waals surface area contributed by atoms with Gasteiger partial charge in [0.25, 0.3) is 0 Å². The molecule has 0 amide bonds. The van der Waals surface area contributed by atoms with Crippen molar-refractivity contribution in [2.45, 2.75) is 32.7 Å². The highest BCUT2D eigenvalue weighted by Gasteiger charge is 2.27. The van der Waals surface area contributed by atoms with E-state index in [0.29, 0.717) is 12.0 Å². The quantitative estimate of drug-likeness (QED) is 0.868. The van der Waals surface area contributed by atoms with Gasteiger partial charge in [-0.1, -0.05) is 12.1 Å². The third-order valence-electron chi connectivity index (χ3n) is 3.96. The van der Waals surface area contributed by atoms with Crippen molar-refractivity contribution in [3.8, 4) is 6.07 Å². The molecule has 2 N–H and O–H groups in total. The number of hydrogen-bond donors (Lipinski definition) is 1. The zero-order valence-corrected chi connectivity index (χ0v) is 11.2. The van der Waals surface area contributed by atoms with Gasteiger partial charge in [-0.3, -0.25) is 0 Å². The van der Waals surface area contributed by atoms with Crippen molar-refractivity contribution in [2.75, 3.05) is 18.0 Å². The minimum atomic E-state index is 0.487. The average Bonchev–Trinajstić information content (AvgIpc) is 2.39. The molecule has 96 valence electrons. The molecule has 0 radical (unpaired) electrons. The Kier molecular flexibility index (Phi) is 3.88. The second-order valence-corrected chi connectivity index (χ2v) is 5.26. The van der Waals surface area contributed by atoms with E-state index < -0.39 is 0 Å². The minimum absolute atomic E-state index is 0.487. The maximum Gasteiger partial charge on any atom is 0.101 e. The first kappa shape index (κ1) is 12.9. The maximum atomic E-state index is 9.28. The number of nitrogens with zero attached hydrogens (tertiary/aromatic N) is 2. The van der Waals surface area contributed by atoms with Crippen LogP contribution in [0.3, 0.4) is 0 Å². The summed E-state index contributed by atoms with van der Waals surface area (Å²) >= 11 is 0. The zero-order chi connectivity index (χ0) is 13.1. The van der Waals surface area contributed by atoms with Crippen LogP contribution in [0.25, 0.3) is 0 Å². The van der Waals surface area contributed by atoms with Gasteiger partial charge in [-0.2, -0.15) is 5.26 Å². The van der Waals surface area contributed by atoms with Crippen molar-refractivity contribution < 1.29 is 0 Å². The van der Waals surface area contributed by atoms with Crippen molar-refractivity contribution in [2.24, 2.45) is 11.7 Å². The number of piperidine rings is 1. The van der Waals surface area contributed by atoms with E-state index in [2.05, 4.69) is 30.9 Å². The lowest BCUT2D eigenvalue weighted by Crippen LogP contribution is -2.44. The lowest BCUT2D eigenvalue weighted by Gasteiger charge is -2.40. The van der Waals surface area contributed by atoms with E-state index in [1.165, 1.54) is 12.0 Å². The van der Waals surface area contributed by atoms with Gasteiger partial charge in [0.1, 0.15) is 6.07 Å². The first-order chi connectivity index (χ1) is 8.67. The molecule has 1 aliphatic heterocycles. The van der Waals surface area contributed by atoms with E-state index in [1.54, 1.807) is 0 Å². The Bertz CT molecular complexity index is 461. The van der Waals surface area contributed by atoms with Gasteiger partial charge in [-0.25, -0.2) is 0 Å². The Morgan fingerprint density at radius 3 is 2.89 bits per heavy atom. The SMILES string of the molecule is Cc1cccc(C#N)c1N1CC(CN)CCC1C. The highest BCUT2D eigenvalue weighted by Crippen LogP contribution is 2.32. The Hall–Kier alpha value is -1.53. The monoisotopic (exact) mass is 243 g/mol. The van der Waals surface area contributed by atoms with Gasteiger partial charge >= 0.3 is 0 Å². The van der Waals surface area contributed by atoms with Crippen molar-refractivity contribution in [1.29, 1.82) is 5.26 Å². The molecule has 1 aromatic rings. The first-order valence-corrected chi connectivity index (χ1v) is 6.63. The van der Waals surface area contributed by atoms with E-state index in [9.17, 15) is 5.26 Å². The van der Waals surface area contributed by atoms with Gasteiger partial charge in [0.15, 0.2) is 0 Å². The Morgan fingerprint density at radius 2 is 2.22 bits per heavy atom. The number of para-hydroxylation sites is 1. The predicted octanol–water partition coefficient (Wildman–Crippen LogP) is 2.43. The fraction of sp³-hybridized carbons (Fsp3) is 0.533. The normalized spacial score (nSPS) is 23.8. The van der Waals surface area contributed by atoms with Crippen LogP contribution >= 0.6 is 0 Å². The summed E-state index contributed by atoms with van der Waals surface area (Å²) < 4.78 is 0. The maximum absolute atomic E-state index is 9.28. The second-order valence-electron chi connectivity index (χ2n) is 5.26. The number of anilines is 1. The Morgan fingerprint density at radius 1 is 1.44 bits per heavy atom. The van der Waals surface area contributed by atoms with E-state index in [1.807, 2.05) is 12.1 Å². The summed E-state index contributed by atoms with van der Waals surface area (Å²) in [4.78, 5) is 2.37. The highest BCUT2D eigenvalue weighted by atomic mass is 15.2. The lowest BCUT2D eigenvalue weighted by molar-refractivity contribution is 0.373. The van der Waals surface area contributed by atoms with Crippen molar-refractivity contribution in [3.63, 3.8) is 0 Å². The van der Waals surface area contributed by atoms with E-state index >= 15 is 0 Å². The van der Waals surface area contributed by atoms with Crippen molar-refractivity contribution in [1.82, 2.24) is 0 Å². The number of nitrogens with two attached hydrogens (primary N) is 1. The van der Waals surface area contributed by atoms with E-state index in [-0.39, 0.29) is 0 Å². The zero-order valence-electron chi connectivity index (χ0n) is 11.2. The topological polar surface area (TPSA) is 53.0 Å². The first-order valence-electron chi connectivity index (χ1n) is 6.63. The molecular formula is C15H21N3. The van der Waals surface area contributed by atoms with Crippen LogP contribution in [-0.2, 0) is 0 Å². The highest BCUT2D eigenvalue weighted by molar-refractivity contribution is 5.64. The molecule has 1 aromatic carbocycles. The molecule has 3 nitrogen and oxygen atoms in total. The van der Waals surface area contributed by atoms with Crippen LogP contribution in [0.5, 0.6) is 0 Å².